The molecule has 0 atom stereocenters. The Labute approximate surface area is 159 Å². The molecule has 4 rings (SSSR count). The van der Waals surface area contributed by atoms with Crippen LogP contribution < -0.4 is 5.32 Å². The van der Waals surface area contributed by atoms with Gasteiger partial charge in [-0.1, -0.05) is 0 Å². The van der Waals surface area contributed by atoms with Crippen LogP contribution in [0.3, 0.4) is 0 Å². The normalized spacial score (nSPS) is 11.9. The van der Waals surface area contributed by atoms with E-state index in [-0.39, 0.29) is 0 Å². The first-order valence-corrected chi connectivity index (χ1v) is 8.81. The predicted octanol–water partition coefficient (Wildman–Crippen LogP) is 4.06. The lowest BCUT2D eigenvalue weighted by molar-refractivity contribution is -0.141. The van der Waals surface area contributed by atoms with E-state index in [9.17, 15) is 22.4 Å². The number of alkyl halides is 3. The van der Waals surface area contributed by atoms with Gasteiger partial charge in [-0.05, 0) is 30.3 Å². The molecule has 0 fully saturated rings. The summed E-state index contributed by atoms with van der Waals surface area (Å²) < 4.78 is 53.7. The van der Waals surface area contributed by atoms with Gasteiger partial charge in [0.25, 0.3) is 0 Å². The number of fused-ring (bicyclic) bond motifs is 1. The molecule has 0 unspecified atom stereocenters. The topological polar surface area (TPSA) is 64.2 Å². The lowest BCUT2D eigenvalue weighted by Crippen LogP contribution is -2.20. The van der Waals surface area contributed by atoms with Gasteiger partial charge in [0.2, 0.25) is 5.91 Å². The molecule has 28 heavy (non-hydrogen) atoms. The van der Waals surface area contributed by atoms with Crippen LogP contribution in [0.4, 0.5) is 23.4 Å². The Morgan fingerprint density at radius 3 is 2.57 bits per heavy atom. The largest absolute Gasteiger partial charge is 0.435 e. The van der Waals surface area contributed by atoms with Crippen molar-refractivity contribution in [2.24, 2.45) is 0 Å². The summed E-state index contributed by atoms with van der Waals surface area (Å²) in [7, 11) is 0. The highest BCUT2D eigenvalue weighted by molar-refractivity contribution is 7.15. The average Bonchev–Trinajstić information content (AvgIpc) is 3.33. The van der Waals surface area contributed by atoms with Gasteiger partial charge in [-0.15, -0.1) is 11.3 Å². The molecular formula is C17H11F4N5OS. The van der Waals surface area contributed by atoms with Crippen LogP contribution >= 0.6 is 11.3 Å². The van der Waals surface area contributed by atoms with Gasteiger partial charge >= 0.3 is 6.18 Å². The number of nitrogens with zero attached hydrogens (tertiary/aromatic N) is 4. The van der Waals surface area contributed by atoms with Crippen molar-refractivity contribution in [2.75, 3.05) is 5.32 Å². The van der Waals surface area contributed by atoms with E-state index < -0.39 is 30.1 Å². The van der Waals surface area contributed by atoms with E-state index in [0.29, 0.717) is 22.0 Å². The minimum Gasteiger partial charge on any atom is -0.308 e. The SMILES string of the molecule is O=C(Cn1ccc(C(F)(F)F)n1)Nc1c(-c2ccc(F)cc2)nc2sccn12. The van der Waals surface area contributed by atoms with Crippen LogP contribution in [-0.4, -0.2) is 25.1 Å². The van der Waals surface area contributed by atoms with E-state index in [1.807, 2.05) is 0 Å². The van der Waals surface area contributed by atoms with Crippen molar-refractivity contribution < 1.29 is 22.4 Å². The number of benzene rings is 1. The molecule has 6 nitrogen and oxygen atoms in total. The Balaban J connectivity index is 1.61. The Bertz CT molecular complexity index is 1140. The second-order valence-corrected chi connectivity index (χ2v) is 6.69. The van der Waals surface area contributed by atoms with Gasteiger partial charge < -0.3 is 5.32 Å². The quantitative estimate of drug-likeness (QED) is 0.517. The van der Waals surface area contributed by atoms with Crippen molar-refractivity contribution >= 4 is 28.0 Å². The lowest BCUT2D eigenvalue weighted by atomic mass is 10.1. The van der Waals surface area contributed by atoms with Crippen molar-refractivity contribution in [3.05, 3.63) is 59.6 Å². The van der Waals surface area contributed by atoms with Crippen molar-refractivity contribution in [3.63, 3.8) is 0 Å². The fraction of sp³-hybridized carbons (Fsp3) is 0.118. The van der Waals surface area contributed by atoms with Crippen molar-refractivity contribution in [1.82, 2.24) is 19.2 Å². The molecule has 0 saturated carbocycles. The maximum Gasteiger partial charge on any atom is 0.435 e. The summed E-state index contributed by atoms with van der Waals surface area (Å²) in [5, 5.41) is 7.80. The molecule has 0 aliphatic carbocycles. The van der Waals surface area contributed by atoms with Crippen LogP contribution in [0.25, 0.3) is 16.2 Å². The summed E-state index contributed by atoms with van der Waals surface area (Å²) in [4.78, 5) is 17.4. The number of hydrogen-bond acceptors (Lipinski definition) is 4. The zero-order chi connectivity index (χ0) is 19.9. The standard InChI is InChI=1S/C17H11F4N5OS/c18-11-3-1-10(2-4-11)14-15(26-7-8-28-16(26)23-14)22-13(27)9-25-6-5-12(24-25)17(19,20)21/h1-8H,9H2,(H,22,27). The molecule has 1 amide bonds. The number of anilines is 1. The molecule has 1 N–H and O–H groups in total. The Kier molecular flexibility index (Phi) is 4.38. The number of halogens is 4. The van der Waals surface area contributed by atoms with Crippen LogP contribution in [0.2, 0.25) is 0 Å². The molecule has 4 aromatic rings. The van der Waals surface area contributed by atoms with E-state index in [1.165, 1.54) is 35.6 Å². The van der Waals surface area contributed by atoms with Gasteiger partial charge in [0.15, 0.2) is 10.7 Å². The molecule has 3 heterocycles. The molecule has 3 aromatic heterocycles. The maximum absolute atomic E-state index is 13.2. The van der Waals surface area contributed by atoms with Crippen LogP contribution in [0, 0.1) is 5.82 Å². The number of carbonyl (C=O) groups excluding carboxylic acids is 1. The number of thiazole rings is 1. The highest BCUT2D eigenvalue weighted by Crippen LogP contribution is 2.31. The number of rotatable bonds is 4. The summed E-state index contributed by atoms with van der Waals surface area (Å²) in [5.74, 6) is -0.640. The monoisotopic (exact) mass is 409 g/mol. The summed E-state index contributed by atoms with van der Waals surface area (Å²) in [6, 6.07) is 6.40. The summed E-state index contributed by atoms with van der Waals surface area (Å²) in [6.07, 6.45) is -1.79. The second-order valence-electron chi connectivity index (χ2n) is 5.82. The predicted molar refractivity (Wildman–Crippen MR) is 94.3 cm³/mol. The molecule has 0 radical (unpaired) electrons. The smallest absolute Gasteiger partial charge is 0.308 e. The third-order valence-electron chi connectivity index (χ3n) is 3.87. The van der Waals surface area contributed by atoms with Crippen LogP contribution in [0.1, 0.15) is 5.69 Å². The number of carbonyl (C=O) groups is 1. The molecule has 1 aromatic carbocycles. The zero-order valence-corrected chi connectivity index (χ0v) is 14.8. The van der Waals surface area contributed by atoms with E-state index in [1.54, 1.807) is 16.0 Å². The lowest BCUT2D eigenvalue weighted by Gasteiger charge is -2.08. The first kappa shape index (κ1) is 18.2. The van der Waals surface area contributed by atoms with Gasteiger partial charge in [0, 0.05) is 23.3 Å². The highest BCUT2D eigenvalue weighted by Gasteiger charge is 2.33. The number of amides is 1. The molecule has 0 bridgehead atoms. The van der Waals surface area contributed by atoms with E-state index in [4.69, 9.17) is 0 Å². The maximum atomic E-state index is 13.2. The van der Waals surface area contributed by atoms with Gasteiger partial charge in [0.05, 0.1) is 0 Å². The number of hydrogen-bond donors (Lipinski definition) is 1. The Morgan fingerprint density at radius 2 is 1.89 bits per heavy atom. The first-order valence-electron chi connectivity index (χ1n) is 7.93. The summed E-state index contributed by atoms with van der Waals surface area (Å²) in [6.45, 7) is -0.406. The molecular weight excluding hydrogens is 398 g/mol. The minimum absolute atomic E-state index is 0.344. The van der Waals surface area contributed by atoms with E-state index in [2.05, 4.69) is 15.4 Å². The molecule has 11 heteroatoms. The molecule has 0 aliphatic heterocycles. The third kappa shape index (κ3) is 3.48. The van der Waals surface area contributed by atoms with E-state index in [0.717, 1.165) is 16.9 Å². The number of nitrogens with one attached hydrogen (secondary N) is 1. The van der Waals surface area contributed by atoms with E-state index >= 15 is 0 Å². The van der Waals surface area contributed by atoms with Crippen LogP contribution in [-0.2, 0) is 17.5 Å². The Hall–Kier alpha value is -3.21. The number of aromatic nitrogens is 4. The van der Waals surface area contributed by atoms with Crippen molar-refractivity contribution in [1.29, 1.82) is 0 Å². The van der Waals surface area contributed by atoms with Crippen molar-refractivity contribution in [2.45, 2.75) is 12.7 Å². The fourth-order valence-corrected chi connectivity index (χ4v) is 3.35. The molecule has 0 saturated heterocycles. The number of imidazole rings is 1. The Morgan fingerprint density at radius 1 is 1.14 bits per heavy atom. The average molecular weight is 409 g/mol. The van der Waals surface area contributed by atoms with Crippen LogP contribution in [0.15, 0.2) is 48.1 Å². The summed E-state index contributed by atoms with van der Waals surface area (Å²) in [5.41, 5.74) is -0.0560. The minimum atomic E-state index is -4.58. The fourth-order valence-electron chi connectivity index (χ4n) is 2.63. The van der Waals surface area contributed by atoms with Gasteiger partial charge in [-0.3, -0.25) is 13.9 Å². The molecule has 0 spiro atoms. The van der Waals surface area contributed by atoms with Gasteiger partial charge in [0.1, 0.15) is 23.9 Å². The zero-order valence-electron chi connectivity index (χ0n) is 13.9. The highest BCUT2D eigenvalue weighted by atomic mass is 32.1. The third-order valence-corrected chi connectivity index (χ3v) is 4.63. The second kappa shape index (κ2) is 6.75. The van der Waals surface area contributed by atoms with Crippen molar-refractivity contribution in [3.8, 4) is 11.3 Å². The molecule has 144 valence electrons. The summed E-state index contributed by atoms with van der Waals surface area (Å²) >= 11 is 1.34. The molecule has 0 aliphatic rings. The van der Waals surface area contributed by atoms with Crippen LogP contribution in [0.5, 0.6) is 0 Å². The first-order chi connectivity index (χ1) is 13.3. The van der Waals surface area contributed by atoms with Gasteiger partial charge in [-0.25, -0.2) is 9.37 Å². The van der Waals surface area contributed by atoms with Gasteiger partial charge in [-0.2, -0.15) is 18.3 Å².